The summed E-state index contributed by atoms with van der Waals surface area (Å²) in [4.78, 5) is 14.7. The highest BCUT2D eigenvalue weighted by Crippen LogP contribution is 2.26. The number of sulfonamides is 1. The van der Waals surface area contributed by atoms with E-state index in [0.29, 0.717) is 5.69 Å². The zero-order valence-corrected chi connectivity index (χ0v) is 22.5. The minimum Gasteiger partial charge on any atom is -0.377 e. The molecule has 0 aliphatic rings. The third-order valence-electron chi connectivity index (χ3n) is 4.59. The van der Waals surface area contributed by atoms with E-state index in [1.165, 1.54) is 18.3 Å². The Balaban J connectivity index is 1.79. The highest BCUT2D eigenvalue weighted by Gasteiger charge is 2.27. The van der Waals surface area contributed by atoms with Gasteiger partial charge in [-0.2, -0.15) is 5.10 Å². The van der Waals surface area contributed by atoms with E-state index in [4.69, 9.17) is 0 Å². The summed E-state index contributed by atoms with van der Waals surface area (Å²) < 4.78 is 29.5. The molecule has 0 unspecified atom stereocenters. The number of hydrogen-bond acceptors (Lipinski definition) is 5. The number of halogens is 2. The maximum absolute atomic E-state index is 13.3. The molecule has 3 aromatic carbocycles. The van der Waals surface area contributed by atoms with Gasteiger partial charge in [0, 0.05) is 22.1 Å². The normalized spacial score (nSPS) is 11.4. The van der Waals surface area contributed by atoms with Crippen molar-refractivity contribution in [3.8, 4) is 0 Å². The molecule has 0 radical (unpaired) electrons. The number of hydrazone groups is 1. The van der Waals surface area contributed by atoms with E-state index < -0.39 is 22.5 Å². The first-order valence-electron chi connectivity index (χ1n) is 9.80. The molecule has 0 saturated heterocycles. The van der Waals surface area contributed by atoms with Gasteiger partial charge in [0.15, 0.2) is 0 Å². The van der Waals surface area contributed by atoms with Crippen LogP contribution in [0, 0.1) is 3.57 Å². The lowest BCUT2D eigenvalue weighted by atomic mass is 10.2. The number of carbonyl (C=O) groups excluding carboxylic acids is 1. The van der Waals surface area contributed by atoms with Crippen molar-refractivity contribution in [2.24, 2.45) is 5.10 Å². The van der Waals surface area contributed by atoms with Crippen LogP contribution in [-0.2, 0) is 14.8 Å². The first-order valence-corrected chi connectivity index (χ1v) is 13.1. The molecule has 0 saturated carbocycles. The third-order valence-corrected chi connectivity index (χ3v) is 7.73. The Bertz CT molecular complexity index is 1250. The van der Waals surface area contributed by atoms with Gasteiger partial charge >= 0.3 is 0 Å². The lowest BCUT2D eigenvalue weighted by molar-refractivity contribution is -0.119. The van der Waals surface area contributed by atoms with Crippen molar-refractivity contribution >= 4 is 72.0 Å². The van der Waals surface area contributed by atoms with Crippen LogP contribution in [0.4, 0.5) is 11.4 Å². The van der Waals surface area contributed by atoms with Gasteiger partial charge in [0.25, 0.3) is 15.9 Å². The lowest BCUT2D eigenvalue weighted by Crippen LogP contribution is -2.39. The second kappa shape index (κ2) is 11.1. The number of nitrogens with zero attached hydrogens (tertiary/aromatic N) is 3. The fourth-order valence-corrected chi connectivity index (χ4v) is 5.51. The molecule has 10 heteroatoms. The zero-order chi connectivity index (χ0) is 24.0. The highest BCUT2D eigenvalue weighted by atomic mass is 127. The minimum atomic E-state index is -3.95. The van der Waals surface area contributed by atoms with Gasteiger partial charge in [-0.15, -0.1) is 0 Å². The predicted octanol–water partition coefficient (Wildman–Crippen LogP) is 4.47. The summed E-state index contributed by atoms with van der Waals surface area (Å²) in [7, 11) is -0.0676. The fourth-order valence-electron chi connectivity index (χ4n) is 2.95. The van der Waals surface area contributed by atoms with Crippen LogP contribution in [-0.4, -0.2) is 41.2 Å². The number of rotatable bonds is 8. The average Bonchev–Trinajstić information content (AvgIpc) is 2.78. The molecule has 0 aromatic heterocycles. The van der Waals surface area contributed by atoms with Gasteiger partial charge in [-0.3, -0.25) is 9.10 Å². The van der Waals surface area contributed by atoms with Crippen LogP contribution in [0.15, 0.2) is 87.3 Å². The number of nitrogens with one attached hydrogen (secondary N) is 1. The maximum Gasteiger partial charge on any atom is 0.264 e. The maximum atomic E-state index is 13.3. The van der Waals surface area contributed by atoms with Crippen LogP contribution in [0.3, 0.4) is 0 Å². The van der Waals surface area contributed by atoms with Crippen LogP contribution in [0.5, 0.6) is 0 Å². The van der Waals surface area contributed by atoms with Crippen LogP contribution >= 0.6 is 38.5 Å². The smallest absolute Gasteiger partial charge is 0.264 e. The van der Waals surface area contributed by atoms with E-state index in [0.717, 1.165) is 23.6 Å². The van der Waals surface area contributed by atoms with E-state index in [1.807, 2.05) is 37.2 Å². The highest BCUT2D eigenvalue weighted by molar-refractivity contribution is 14.1. The number of carbonyl (C=O) groups is 1. The molecule has 33 heavy (non-hydrogen) atoms. The second-order valence-corrected chi connectivity index (χ2v) is 11.2. The Morgan fingerprint density at radius 1 is 1.06 bits per heavy atom. The topological polar surface area (TPSA) is 82.1 Å². The minimum absolute atomic E-state index is 0.102. The molecule has 0 spiro atoms. The fraction of sp³-hybridized carbons (Fsp3) is 0.130. The Morgan fingerprint density at radius 2 is 1.73 bits per heavy atom. The Labute approximate surface area is 215 Å². The number of hydrogen-bond donors (Lipinski definition) is 1. The van der Waals surface area contributed by atoms with Crippen molar-refractivity contribution in [2.75, 3.05) is 29.8 Å². The quantitative estimate of drug-likeness (QED) is 0.224. The van der Waals surface area contributed by atoms with E-state index in [1.54, 1.807) is 42.5 Å². The second-order valence-electron chi connectivity index (χ2n) is 7.20. The van der Waals surface area contributed by atoms with Crippen molar-refractivity contribution < 1.29 is 13.2 Å². The van der Waals surface area contributed by atoms with Crippen molar-refractivity contribution in [3.05, 3.63) is 86.4 Å². The first-order chi connectivity index (χ1) is 15.7. The van der Waals surface area contributed by atoms with E-state index in [-0.39, 0.29) is 4.90 Å². The van der Waals surface area contributed by atoms with Crippen LogP contribution in [0.1, 0.15) is 5.56 Å². The van der Waals surface area contributed by atoms with Crippen LogP contribution < -0.4 is 14.6 Å². The molecular weight excluding hydrogens is 619 g/mol. The van der Waals surface area contributed by atoms with Crippen LogP contribution in [0.2, 0.25) is 0 Å². The molecule has 0 heterocycles. The molecule has 0 fully saturated rings. The van der Waals surface area contributed by atoms with E-state index in [9.17, 15) is 13.2 Å². The van der Waals surface area contributed by atoms with Gasteiger partial charge < -0.3 is 4.90 Å². The zero-order valence-electron chi connectivity index (χ0n) is 17.9. The molecule has 3 rings (SSSR count). The Morgan fingerprint density at radius 3 is 2.33 bits per heavy atom. The molecule has 0 bridgehead atoms. The van der Waals surface area contributed by atoms with Gasteiger partial charge in [0.1, 0.15) is 6.54 Å². The van der Waals surface area contributed by atoms with Crippen molar-refractivity contribution in [1.29, 1.82) is 0 Å². The SMILES string of the molecule is CN(C)c1ccc(/C=N\NC(=O)CN(c2ccc(I)cc2)S(=O)(=O)c2ccccc2)cc1Br. The summed E-state index contributed by atoms with van der Waals surface area (Å²) in [6.45, 7) is -0.418. The number of anilines is 2. The summed E-state index contributed by atoms with van der Waals surface area (Å²) >= 11 is 5.65. The third kappa shape index (κ3) is 6.55. The van der Waals surface area contributed by atoms with Gasteiger partial charge in [-0.05, 0) is 92.6 Å². The van der Waals surface area contributed by atoms with Crippen molar-refractivity contribution in [1.82, 2.24) is 5.43 Å². The molecule has 172 valence electrons. The summed E-state index contributed by atoms with van der Waals surface area (Å²) in [6, 6.07) is 20.6. The van der Waals surface area contributed by atoms with Gasteiger partial charge in [-0.25, -0.2) is 13.8 Å². The van der Waals surface area contributed by atoms with E-state index in [2.05, 4.69) is 49.0 Å². The number of amides is 1. The van der Waals surface area contributed by atoms with Gasteiger partial charge in [0.2, 0.25) is 0 Å². The molecule has 0 aliphatic heterocycles. The monoisotopic (exact) mass is 640 g/mol. The predicted molar refractivity (Wildman–Crippen MR) is 144 cm³/mol. The van der Waals surface area contributed by atoms with Gasteiger partial charge in [-0.1, -0.05) is 24.3 Å². The summed E-state index contributed by atoms with van der Waals surface area (Å²) in [5.41, 5.74) is 4.60. The molecule has 3 aromatic rings. The summed E-state index contributed by atoms with van der Waals surface area (Å²) in [5, 5.41) is 3.99. The number of benzene rings is 3. The molecule has 7 nitrogen and oxygen atoms in total. The first kappa shape index (κ1) is 25.2. The molecule has 1 amide bonds. The summed E-state index contributed by atoms with van der Waals surface area (Å²) in [5.74, 6) is -0.562. The standard InChI is InChI=1S/C23H22BrIN4O3S/c1-28(2)22-13-8-17(14-21(22)24)15-26-27-23(30)16-29(19-11-9-18(25)10-12-19)33(31,32)20-6-4-3-5-7-20/h3-15H,16H2,1-2H3,(H,27,30)/b26-15-. The average molecular weight is 641 g/mol. The molecule has 0 aliphatic carbocycles. The molecule has 1 N–H and O–H groups in total. The molecular formula is C23H22BrIN4O3S. The van der Waals surface area contributed by atoms with Crippen molar-refractivity contribution in [3.63, 3.8) is 0 Å². The Hall–Kier alpha value is -2.44. The van der Waals surface area contributed by atoms with Gasteiger partial charge in [0.05, 0.1) is 22.5 Å². The van der Waals surface area contributed by atoms with E-state index >= 15 is 0 Å². The Kier molecular flexibility index (Phi) is 8.49. The lowest BCUT2D eigenvalue weighted by Gasteiger charge is -2.23. The largest absolute Gasteiger partial charge is 0.377 e. The molecule has 0 atom stereocenters. The van der Waals surface area contributed by atoms with Crippen LogP contribution in [0.25, 0.3) is 0 Å². The summed E-state index contributed by atoms with van der Waals surface area (Å²) in [6.07, 6.45) is 1.50. The van der Waals surface area contributed by atoms with Crippen molar-refractivity contribution in [2.45, 2.75) is 4.90 Å².